The lowest BCUT2D eigenvalue weighted by Crippen LogP contribution is -2.38. The van der Waals surface area contributed by atoms with Crippen molar-refractivity contribution in [2.45, 2.75) is 38.2 Å². The van der Waals surface area contributed by atoms with Crippen LogP contribution in [0, 0.1) is 0 Å². The lowest BCUT2D eigenvalue weighted by atomic mass is 9.95. The maximum atomic E-state index is 15.0. The van der Waals surface area contributed by atoms with Crippen LogP contribution in [0.15, 0.2) is 45.4 Å². The average Bonchev–Trinajstić information content (AvgIpc) is 2.78. The van der Waals surface area contributed by atoms with E-state index in [9.17, 15) is 43.9 Å². The molecule has 0 aromatic heterocycles. The van der Waals surface area contributed by atoms with Crippen molar-refractivity contribution < 1.29 is 43.9 Å². The number of benzene rings is 2. The molecule has 0 aliphatic heterocycles. The molecular weight excluding hydrogens is 699 g/mol. The molecule has 2 atom stereocenters. The molecule has 4 nitrogen and oxygen atoms in total. The summed E-state index contributed by atoms with van der Waals surface area (Å²) in [7, 11) is -3.56. The van der Waals surface area contributed by atoms with Crippen LogP contribution in [0.5, 0.6) is 0 Å². The van der Waals surface area contributed by atoms with Crippen LogP contribution in [0.4, 0.5) is 30.7 Å². The maximum absolute atomic E-state index is 15.0. The van der Waals surface area contributed by atoms with Gasteiger partial charge in [-0.2, -0.15) is 26.3 Å². The quantitative estimate of drug-likeness (QED) is 0.222. The first-order valence-electron chi connectivity index (χ1n) is 10.6. The fourth-order valence-electron chi connectivity index (χ4n) is 3.34. The summed E-state index contributed by atoms with van der Waals surface area (Å²) in [5.74, 6) is -6.22. The van der Waals surface area contributed by atoms with Crippen LogP contribution < -0.4 is 5.32 Å². The summed E-state index contributed by atoms with van der Waals surface area (Å²) in [5.41, 5.74) is -3.86. The Labute approximate surface area is 235 Å². The molecule has 1 unspecified atom stereocenters. The van der Waals surface area contributed by atoms with Gasteiger partial charge in [-0.1, -0.05) is 24.6 Å². The van der Waals surface area contributed by atoms with Crippen LogP contribution >= 0.6 is 43.5 Å². The highest BCUT2D eigenvalue weighted by atomic mass is 79.9. The maximum Gasteiger partial charge on any atom is 0.417 e. The summed E-state index contributed by atoms with van der Waals surface area (Å²) in [6.45, 7) is 2.64. The number of sulfone groups is 1. The number of allylic oxidation sites excluding steroid dienone is 1. The summed E-state index contributed by atoms with van der Waals surface area (Å²) >= 11 is 11.9. The van der Waals surface area contributed by atoms with Gasteiger partial charge < -0.3 is 5.32 Å². The normalized spacial score (nSPS) is 14.8. The molecule has 0 saturated heterocycles. The van der Waals surface area contributed by atoms with Gasteiger partial charge in [-0.15, -0.1) is 0 Å². The molecule has 1 N–H and O–H groups in total. The molecule has 2 rings (SSSR count). The Hall–Kier alpha value is -1.64. The van der Waals surface area contributed by atoms with E-state index in [2.05, 4.69) is 37.2 Å². The molecule has 0 fully saturated rings. The second-order valence-corrected chi connectivity index (χ2v) is 12.6. The third-order valence-corrected chi connectivity index (χ3v) is 9.20. The first kappa shape index (κ1) is 32.6. The van der Waals surface area contributed by atoms with Gasteiger partial charge in [-0.3, -0.25) is 4.79 Å². The fourth-order valence-corrected chi connectivity index (χ4v) is 5.76. The zero-order valence-electron chi connectivity index (χ0n) is 19.4. The first-order chi connectivity index (χ1) is 17.3. The molecule has 0 heterocycles. The van der Waals surface area contributed by atoms with Gasteiger partial charge in [-0.05, 0) is 74.7 Å². The number of hydrogen-bond acceptors (Lipinski definition) is 3. The van der Waals surface area contributed by atoms with E-state index in [0.717, 1.165) is 18.2 Å². The highest BCUT2D eigenvalue weighted by molar-refractivity contribution is 9.11. The lowest BCUT2D eigenvalue weighted by molar-refractivity contribution is -0.140. The second kappa shape index (κ2) is 12.3. The van der Waals surface area contributed by atoms with Crippen molar-refractivity contribution in [3.8, 4) is 0 Å². The van der Waals surface area contributed by atoms with Crippen molar-refractivity contribution in [2.24, 2.45) is 0 Å². The zero-order valence-corrected chi connectivity index (χ0v) is 24.2. The predicted molar refractivity (Wildman–Crippen MR) is 137 cm³/mol. The SMILES string of the molecule is CCS(=O)(=O)C[C@@H](C)NC(=O)c1ccc(/C(F)=C/C(c2cc(Br)c(Cl)c(Br)c2)C(F)(F)F)cc1C(F)(F)F. The largest absolute Gasteiger partial charge is 0.417 e. The van der Waals surface area contributed by atoms with Gasteiger partial charge in [-0.25, -0.2) is 12.8 Å². The van der Waals surface area contributed by atoms with Gasteiger partial charge in [0.1, 0.15) is 11.7 Å². The number of halogens is 10. The van der Waals surface area contributed by atoms with E-state index in [1.54, 1.807) is 0 Å². The van der Waals surface area contributed by atoms with Crippen LogP contribution in [0.1, 0.15) is 46.8 Å². The fraction of sp³-hybridized carbons (Fsp3) is 0.348. The number of amides is 1. The summed E-state index contributed by atoms with van der Waals surface area (Å²) in [4.78, 5) is 12.5. The average molecular weight is 718 g/mol. The lowest BCUT2D eigenvalue weighted by Gasteiger charge is -2.20. The molecule has 0 aliphatic rings. The molecule has 0 saturated carbocycles. The van der Waals surface area contributed by atoms with Gasteiger partial charge in [0.2, 0.25) is 0 Å². The van der Waals surface area contributed by atoms with Crippen LogP contribution in [0.25, 0.3) is 5.83 Å². The molecule has 0 aliphatic carbocycles. The van der Waals surface area contributed by atoms with Crippen LogP contribution in [0.2, 0.25) is 5.02 Å². The van der Waals surface area contributed by atoms with E-state index in [-0.39, 0.29) is 31.9 Å². The van der Waals surface area contributed by atoms with E-state index in [0.29, 0.717) is 6.07 Å². The van der Waals surface area contributed by atoms with Crippen molar-refractivity contribution in [1.29, 1.82) is 0 Å². The smallest absolute Gasteiger partial charge is 0.349 e. The summed E-state index contributed by atoms with van der Waals surface area (Å²) in [5, 5.41) is 2.20. The summed E-state index contributed by atoms with van der Waals surface area (Å²) < 4.78 is 121. The number of alkyl halides is 6. The molecular formula is C23H19Br2ClF7NO3S. The highest BCUT2D eigenvalue weighted by Crippen LogP contribution is 2.43. The molecule has 210 valence electrons. The van der Waals surface area contributed by atoms with Gasteiger partial charge in [0.25, 0.3) is 5.91 Å². The third kappa shape index (κ3) is 8.43. The number of hydrogen-bond donors (Lipinski definition) is 1. The second-order valence-electron chi connectivity index (χ2n) is 8.16. The Morgan fingerprint density at radius 2 is 1.63 bits per heavy atom. The molecule has 2 aromatic carbocycles. The van der Waals surface area contributed by atoms with Crippen molar-refractivity contribution in [3.05, 3.63) is 72.6 Å². The van der Waals surface area contributed by atoms with Crippen molar-refractivity contribution in [2.75, 3.05) is 11.5 Å². The Bertz CT molecular complexity index is 1320. The molecule has 15 heteroatoms. The van der Waals surface area contributed by atoms with E-state index < -0.39 is 73.9 Å². The minimum atomic E-state index is -5.18. The van der Waals surface area contributed by atoms with E-state index in [1.165, 1.54) is 13.8 Å². The summed E-state index contributed by atoms with van der Waals surface area (Å²) in [6, 6.07) is 2.52. The van der Waals surface area contributed by atoms with Gasteiger partial charge in [0.05, 0.1) is 21.9 Å². The third-order valence-electron chi connectivity index (χ3n) is 5.20. The molecule has 1 amide bonds. The van der Waals surface area contributed by atoms with Crippen LogP contribution in [0.3, 0.4) is 0 Å². The van der Waals surface area contributed by atoms with E-state index in [4.69, 9.17) is 11.6 Å². The molecule has 0 radical (unpaired) electrons. The Morgan fingerprint density at radius 1 is 1.08 bits per heavy atom. The number of carbonyl (C=O) groups is 1. The first-order valence-corrected chi connectivity index (χ1v) is 14.4. The number of nitrogens with one attached hydrogen (secondary N) is 1. The number of carbonyl (C=O) groups excluding carboxylic acids is 1. The zero-order chi connectivity index (χ0) is 29.2. The number of rotatable bonds is 8. The predicted octanol–water partition coefficient (Wildman–Crippen LogP) is 8.09. The summed E-state index contributed by atoms with van der Waals surface area (Å²) in [6.07, 6.45) is -10.1. The van der Waals surface area contributed by atoms with Gasteiger partial charge in [0, 0.05) is 26.3 Å². The standard InChI is InChI=1S/C23H19Br2ClF7NO3S/c1-3-38(36,37)10-11(2)34-21(35)14-5-4-12(6-16(14)23(31,32)33)19(27)9-15(22(28,29)30)13-7-17(24)20(26)18(25)8-13/h4-9,11,15H,3,10H2,1-2H3,(H,34,35)/b19-9-/t11-,15?/m1/s1. The molecule has 38 heavy (non-hydrogen) atoms. The minimum absolute atomic E-state index is 0.0597. The van der Waals surface area contributed by atoms with Crippen molar-refractivity contribution in [3.63, 3.8) is 0 Å². The monoisotopic (exact) mass is 715 g/mol. The van der Waals surface area contributed by atoms with E-state index in [1.807, 2.05) is 0 Å². The van der Waals surface area contributed by atoms with Crippen molar-refractivity contribution in [1.82, 2.24) is 5.32 Å². The topological polar surface area (TPSA) is 63.2 Å². The van der Waals surface area contributed by atoms with Gasteiger partial charge in [0.15, 0.2) is 9.84 Å². The van der Waals surface area contributed by atoms with Gasteiger partial charge >= 0.3 is 12.4 Å². The van der Waals surface area contributed by atoms with Crippen LogP contribution in [-0.4, -0.2) is 38.0 Å². The van der Waals surface area contributed by atoms with E-state index >= 15 is 0 Å². The highest BCUT2D eigenvalue weighted by Gasteiger charge is 2.41. The Morgan fingerprint density at radius 3 is 2.11 bits per heavy atom. The minimum Gasteiger partial charge on any atom is -0.349 e. The van der Waals surface area contributed by atoms with Crippen LogP contribution in [-0.2, 0) is 16.0 Å². The molecule has 2 aromatic rings. The molecule has 0 bridgehead atoms. The van der Waals surface area contributed by atoms with Crippen molar-refractivity contribution >= 4 is 65.0 Å². The molecule has 0 spiro atoms. The Balaban J connectivity index is 2.52. The Kier molecular flexibility index (Phi) is 10.5.